The number of aromatic nitrogens is 1. The Morgan fingerprint density at radius 1 is 1.43 bits per heavy atom. The van der Waals surface area contributed by atoms with Crippen molar-refractivity contribution in [2.75, 3.05) is 0 Å². The molecule has 0 aliphatic heterocycles. The van der Waals surface area contributed by atoms with Crippen molar-refractivity contribution in [3.8, 4) is 0 Å². The first kappa shape index (κ1) is 5.16. The van der Waals surface area contributed by atoms with Gasteiger partial charge in [-0.15, -0.1) is 0 Å². The van der Waals surface area contributed by atoms with E-state index in [1.54, 1.807) is 0 Å². The molecule has 0 N–H and O–H groups in total. The van der Waals surface area contributed by atoms with Crippen molar-refractivity contribution in [3.63, 3.8) is 0 Å². The van der Waals surface area contributed by atoms with E-state index in [1.807, 2.05) is 24.4 Å². The molecule has 1 aromatic rings. The molecule has 1 aromatic heterocycles. The van der Waals surface area contributed by atoms with Crippen molar-refractivity contribution in [2.45, 2.75) is 0 Å². The van der Waals surface area contributed by atoms with Crippen LogP contribution in [0.2, 0.25) is 0 Å². The van der Waals surface area contributed by atoms with Crippen LogP contribution in [0.5, 0.6) is 0 Å². The Morgan fingerprint density at radius 3 is 2.57 bits per heavy atom. The van der Waals surface area contributed by atoms with E-state index in [4.69, 9.17) is 0 Å². The van der Waals surface area contributed by atoms with E-state index in [9.17, 15) is 0 Å². The number of hydrogen-bond donors (Lipinski definition) is 0. The summed E-state index contributed by atoms with van der Waals surface area (Å²) in [6, 6.07) is 5.97. The van der Waals surface area contributed by atoms with Gasteiger partial charge in [-0.25, -0.2) is 0 Å². The van der Waals surface area contributed by atoms with E-state index in [-0.39, 0.29) is 0 Å². The molecule has 2 heteroatoms. The third-order valence-corrected chi connectivity index (χ3v) is 1.66. The van der Waals surface area contributed by atoms with Gasteiger partial charge in [-0.05, 0) is 0 Å². The minimum absolute atomic E-state index is 1.12. The van der Waals surface area contributed by atoms with Gasteiger partial charge in [0, 0.05) is 0 Å². The van der Waals surface area contributed by atoms with Gasteiger partial charge in [0.15, 0.2) is 0 Å². The molecular formula is C5H4InN. The number of rotatable bonds is 0. The average molecular weight is 193 g/mol. The minimum atomic E-state index is 1.12. The third-order valence-electron chi connectivity index (χ3n) is 0.688. The topological polar surface area (TPSA) is 12.9 Å². The van der Waals surface area contributed by atoms with Crippen molar-refractivity contribution >= 4 is 27.8 Å². The summed E-state index contributed by atoms with van der Waals surface area (Å²) in [7, 11) is 0. The van der Waals surface area contributed by atoms with Gasteiger partial charge in [-0.2, -0.15) is 0 Å². The summed E-state index contributed by atoms with van der Waals surface area (Å²) >= 11 is 1.12. The molecule has 1 rings (SSSR count). The molecule has 0 aromatic carbocycles. The van der Waals surface area contributed by atoms with Crippen LogP contribution in [0.15, 0.2) is 24.4 Å². The maximum absolute atomic E-state index is 4.04. The molecule has 0 spiro atoms. The van der Waals surface area contributed by atoms with Crippen molar-refractivity contribution < 1.29 is 0 Å². The SMILES string of the molecule is [In][c]1ccccn1. The molecule has 1 heterocycles. The summed E-state index contributed by atoms with van der Waals surface area (Å²) in [6.45, 7) is 0. The zero-order chi connectivity index (χ0) is 5.11. The fourth-order valence-corrected chi connectivity index (χ4v) is 0.939. The second-order valence-corrected chi connectivity index (χ2v) is 2.94. The van der Waals surface area contributed by atoms with Crippen LogP contribution in [0.4, 0.5) is 0 Å². The molecule has 0 amide bonds. The van der Waals surface area contributed by atoms with Gasteiger partial charge in [0.05, 0.1) is 0 Å². The Bertz CT molecular complexity index is 138. The van der Waals surface area contributed by atoms with Crippen molar-refractivity contribution in [3.05, 3.63) is 24.4 Å². The quantitative estimate of drug-likeness (QED) is 0.559. The average Bonchev–Trinajstić information content (AvgIpc) is 1.69. The van der Waals surface area contributed by atoms with Crippen LogP contribution in [0, 0.1) is 0 Å². The predicted molar refractivity (Wildman–Crippen MR) is 29.6 cm³/mol. The normalized spacial score (nSPS) is 8.57. The van der Waals surface area contributed by atoms with E-state index in [0.29, 0.717) is 0 Å². The Kier molecular flexibility index (Phi) is 1.74. The summed E-state index contributed by atoms with van der Waals surface area (Å²) in [4.78, 5) is 4.04. The zero-order valence-electron chi connectivity index (χ0n) is 3.83. The van der Waals surface area contributed by atoms with Gasteiger partial charge in [0.1, 0.15) is 0 Å². The molecule has 2 radical (unpaired) electrons. The van der Waals surface area contributed by atoms with Gasteiger partial charge in [-0.3, -0.25) is 0 Å². The van der Waals surface area contributed by atoms with Gasteiger partial charge in [-0.1, -0.05) is 0 Å². The predicted octanol–water partition coefficient (Wildman–Crippen LogP) is -0.125. The molecule has 1 nitrogen and oxygen atoms in total. The van der Waals surface area contributed by atoms with Gasteiger partial charge < -0.3 is 0 Å². The second kappa shape index (κ2) is 2.36. The Hall–Kier alpha value is 0.0201. The molecule has 0 aliphatic rings. The summed E-state index contributed by atoms with van der Waals surface area (Å²) in [5, 5.41) is 0. The molecule has 0 saturated heterocycles. The molecule has 0 atom stereocenters. The fourth-order valence-electron chi connectivity index (χ4n) is 0.376. The first-order chi connectivity index (χ1) is 3.39. The van der Waals surface area contributed by atoms with Crippen LogP contribution in [0.25, 0.3) is 0 Å². The van der Waals surface area contributed by atoms with Crippen LogP contribution in [-0.2, 0) is 0 Å². The molecule has 0 aliphatic carbocycles. The standard InChI is InChI=1S/C5H4N.In/c1-2-4-6-5-3-1;/h1-4H;. The summed E-state index contributed by atoms with van der Waals surface area (Å²) in [5.41, 5.74) is 0. The molecule has 0 unspecified atom stereocenters. The zero-order valence-corrected chi connectivity index (χ0v) is 7.13. The van der Waals surface area contributed by atoms with E-state index < -0.39 is 0 Å². The number of pyridine rings is 1. The van der Waals surface area contributed by atoms with E-state index >= 15 is 0 Å². The van der Waals surface area contributed by atoms with E-state index in [2.05, 4.69) is 4.98 Å². The van der Waals surface area contributed by atoms with Crippen LogP contribution in [0.1, 0.15) is 0 Å². The van der Waals surface area contributed by atoms with Gasteiger partial charge in [0.2, 0.25) is 0 Å². The maximum atomic E-state index is 4.04. The molecule has 0 fully saturated rings. The first-order valence-electron chi connectivity index (χ1n) is 2.06. The fraction of sp³-hybridized carbons (Fsp3) is 0. The molecule has 0 bridgehead atoms. The Morgan fingerprint density at radius 2 is 2.29 bits per heavy atom. The molecule has 7 heavy (non-hydrogen) atoms. The van der Waals surface area contributed by atoms with Crippen molar-refractivity contribution in [1.82, 2.24) is 4.98 Å². The van der Waals surface area contributed by atoms with Gasteiger partial charge >= 0.3 is 57.2 Å². The summed E-state index contributed by atoms with van der Waals surface area (Å²) in [6.07, 6.45) is 1.82. The first-order valence-corrected chi connectivity index (χ1v) is 3.71. The molecular weight excluding hydrogens is 189 g/mol. The summed E-state index contributed by atoms with van der Waals surface area (Å²) < 4.78 is 1.20. The van der Waals surface area contributed by atoms with Gasteiger partial charge in [0.25, 0.3) is 0 Å². The van der Waals surface area contributed by atoms with E-state index in [1.165, 1.54) is 3.45 Å². The van der Waals surface area contributed by atoms with Crippen LogP contribution < -0.4 is 3.45 Å². The second-order valence-electron chi connectivity index (χ2n) is 1.25. The Balaban J connectivity index is 3.02. The Labute approximate surface area is 57.3 Å². The van der Waals surface area contributed by atoms with Crippen LogP contribution in [0.3, 0.4) is 0 Å². The third kappa shape index (κ3) is 1.51. The molecule has 32 valence electrons. The molecule has 0 saturated carbocycles. The van der Waals surface area contributed by atoms with Crippen molar-refractivity contribution in [2.24, 2.45) is 0 Å². The number of hydrogen-bond acceptors (Lipinski definition) is 1. The van der Waals surface area contributed by atoms with Crippen molar-refractivity contribution in [1.29, 1.82) is 0 Å². The number of nitrogens with zero attached hydrogens (tertiary/aromatic N) is 1. The van der Waals surface area contributed by atoms with E-state index in [0.717, 1.165) is 24.4 Å². The van der Waals surface area contributed by atoms with Crippen LogP contribution in [-0.4, -0.2) is 29.4 Å². The van der Waals surface area contributed by atoms with Crippen LogP contribution >= 0.6 is 0 Å². The summed E-state index contributed by atoms with van der Waals surface area (Å²) in [5.74, 6) is 0. The monoisotopic (exact) mass is 193 g/mol.